The average Bonchev–Trinajstić information content (AvgIpc) is 2.03. The molecular formula is C7H11N3. The van der Waals surface area contributed by atoms with Gasteiger partial charge in [-0.3, -0.25) is 0 Å². The summed E-state index contributed by atoms with van der Waals surface area (Å²) in [6.45, 7) is 3.95. The van der Waals surface area contributed by atoms with Crippen LogP contribution >= 0.6 is 0 Å². The van der Waals surface area contributed by atoms with E-state index < -0.39 is 0 Å². The molecule has 1 N–H and O–H groups in total. The maximum atomic E-state index is 3.75. The van der Waals surface area contributed by atoms with Crippen molar-refractivity contribution >= 4 is 0 Å². The summed E-state index contributed by atoms with van der Waals surface area (Å²) in [7, 11) is 0. The molecule has 0 amide bonds. The minimum Gasteiger partial charge on any atom is -0.313 e. The molecule has 1 rings (SSSR count). The number of nitrogens with zero attached hydrogens (tertiary/aromatic N) is 2. The summed E-state index contributed by atoms with van der Waals surface area (Å²) in [4.78, 5) is 0. The molecule has 10 heavy (non-hydrogen) atoms. The van der Waals surface area contributed by atoms with Crippen LogP contribution in [0.4, 0.5) is 0 Å². The molecule has 1 heterocycles. The predicted molar refractivity (Wildman–Crippen MR) is 39.4 cm³/mol. The Morgan fingerprint density at radius 3 is 3.00 bits per heavy atom. The molecule has 0 atom stereocenters. The Kier molecular flexibility index (Phi) is 2.83. The van der Waals surface area contributed by atoms with Crippen molar-refractivity contribution in [3.63, 3.8) is 0 Å². The fourth-order valence-electron chi connectivity index (χ4n) is 0.692. The highest BCUT2D eigenvalue weighted by Gasteiger charge is 1.87. The lowest BCUT2D eigenvalue weighted by molar-refractivity contribution is 0.721. The summed E-state index contributed by atoms with van der Waals surface area (Å²) in [6.07, 6.45) is 3.47. The van der Waals surface area contributed by atoms with E-state index in [9.17, 15) is 0 Å². The van der Waals surface area contributed by atoms with Gasteiger partial charge in [-0.25, -0.2) is 0 Å². The molecule has 3 heteroatoms. The molecule has 0 aliphatic heterocycles. The van der Waals surface area contributed by atoms with Crippen LogP contribution in [-0.2, 0) is 6.54 Å². The van der Waals surface area contributed by atoms with Crippen molar-refractivity contribution in [1.82, 2.24) is 15.5 Å². The fraction of sp³-hybridized carbons (Fsp3) is 0.429. The van der Waals surface area contributed by atoms with Crippen LogP contribution in [0.25, 0.3) is 0 Å². The van der Waals surface area contributed by atoms with Gasteiger partial charge in [-0.1, -0.05) is 6.92 Å². The zero-order valence-electron chi connectivity index (χ0n) is 6.04. The molecule has 0 fully saturated rings. The van der Waals surface area contributed by atoms with E-state index in [1.807, 2.05) is 6.07 Å². The summed E-state index contributed by atoms with van der Waals surface area (Å²) < 4.78 is 0. The van der Waals surface area contributed by atoms with Gasteiger partial charge in [-0.15, -0.1) is 0 Å². The first-order chi connectivity index (χ1) is 4.93. The standard InChI is InChI=1S/C7H11N3/c1-2-8-5-7-3-4-9-10-6-7/h3-4,6,8H,2,5H2,1H3. The minimum absolute atomic E-state index is 0.881. The Bertz CT molecular complexity index is 173. The van der Waals surface area contributed by atoms with Gasteiger partial charge in [0.05, 0.1) is 6.20 Å². The maximum absolute atomic E-state index is 3.75. The minimum atomic E-state index is 0.881. The van der Waals surface area contributed by atoms with Crippen LogP contribution in [0.2, 0.25) is 0 Å². The zero-order valence-corrected chi connectivity index (χ0v) is 6.04. The molecule has 3 nitrogen and oxygen atoms in total. The van der Waals surface area contributed by atoms with Crippen LogP contribution in [0.3, 0.4) is 0 Å². The van der Waals surface area contributed by atoms with Crippen molar-refractivity contribution in [2.45, 2.75) is 13.5 Å². The van der Waals surface area contributed by atoms with Gasteiger partial charge in [0.2, 0.25) is 0 Å². The Labute approximate surface area is 60.5 Å². The largest absolute Gasteiger partial charge is 0.313 e. The maximum Gasteiger partial charge on any atom is 0.0541 e. The number of hydrogen-bond acceptors (Lipinski definition) is 3. The number of hydrogen-bond donors (Lipinski definition) is 1. The molecule has 0 aliphatic rings. The molecule has 54 valence electrons. The van der Waals surface area contributed by atoms with Crippen LogP contribution in [0.5, 0.6) is 0 Å². The molecule has 0 aliphatic carbocycles. The Morgan fingerprint density at radius 1 is 1.50 bits per heavy atom. The Balaban J connectivity index is 2.43. The van der Waals surface area contributed by atoms with Crippen LogP contribution < -0.4 is 5.32 Å². The predicted octanol–water partition coefficient (Wildman–Crippen LogP) is 0.586. The normalized spacial score (nSPS) is 9.70. The number of rotatable bonds is 3. The zero-order chi connectivity index (χ0) is 7.23. The second kappa shape index (κ2) is 3.95. The van der Waals surface area contributed by atoms with Crippen molar-refractivity contribution in [2.24, 2.45) is 0 Å². The van der Waals surface area contributed by atoms with E-state index in [4.69, 9.17) is 0 Å². The average molecular weight is 137 g/mol. The van der Waals surface area contributed by atoms with Crippen molar-refractivity contribution in [3.8, 4) is 0 Å². The second-order valence-corrected chi connectivity index (χ2v) is 2.03. The fourth-order valence-corrected chi connectivity index (χ4v) is 0.692. The summed E-state index contributed by atoms with van der Waals surface area (Å²) in [5, 5.41) is 10.6. The van der Waals surface area contributed by atoms with Gasteiger partial charge in [-0.05, 0) is 18.2 Å². The first kappa shape index (κ1) is 7.15. The van der Waals surface area contributed by atoms with Crippen molar-refractivity contribution in [1.29, 1.82) is 0 Å². The van der Waals surface area contributed by atoms with Gasteiger partial charge in [0, 0.05) is 12.7 Å². The summed E-state index contributed by atoms with van der Waals surface area (Å²) in [5.41, 5.74) is 1.18. The number of nitrogens with one attached hydrogen (secondary N) is 1. The van der Waals surface area contributed by atoms with Gasteiger partial charge in [0.1, 0.15) is 0 Å². The van der Waals surface area contributed by atoms with Gasteiger partial charge in [-0.2, -0.15) is 10.2 Å². The second-order valence-electron chi connectivity index (χ2n) is 2.03. The Morgan fingerprint density at radius 2 is 2.40 bits per heavy atom. The molecule has 0 unspecified atom stereocenters. The van der Waals surface area contributed by atoms with Crippen LogP contribution in [0.1, 0.15) is 12.5 Å². The molecule has 0 bridgehead atoms. The Hall–Kier alpha value is -0.960. The molecule has 0 saturated heterocycles. The highest BCUT2D eigenvalue weighted by atomic mass is 15.1. The van der Waals surface area contributed by atoms with E-state index in [1.165, 1.54) is 5.56 Å². The molecule has 1 aromatic rings. The highest BCUT2D eigenvalue weighted by molar-refractivity contribution is 5.04. The molecule has 0 aromatic carbocycles. The molecule has 0 saturated carbocycles. The van der Waals surface area contributed by atoms with Crippen LogP contribution in [0, 0.1) is 0 Å². The summed E-state index contributed by atoms with van der Waals surface area (Å²) >= 11 is 0. The lowest BCUT2D eigenvalue weighted by atomic mass is 10.3. The lowest BCUT2D eigenvalue weighted by Gasteiger charge is -1.98. The van der Waals surface area contributed by atoms with Crippen molar-refractivity contribution < 1.29 is 0 Å². The third-order valence-corrected chi connectivity index (χ3v) is 1.22. The third-order valence-electron chi connectivity index (χ3n) is 1.22. The topological polar surface area (TPSA) is 37.8 Å². The first-order valence-electron chi connectivity index (χ1n) is 3.39. The lowest BCUT2D eigenvalue weighted by Crippen LogP contribution is -2.11. The molecule has 0 spiro atoms. The van der Waals surface area contributed by atoms with E-state index >= 15 is 0 Å². The van der Waals surface area contributed by atoms with E-state index in [-0.39, 0.29) is 0 Å². The van der Waals surface area contributed by atoms with Gasteiger partial charge in [0.25, 0.3) is 0 Å². The summed E-state index contributed by atoms with van der Waals surface area (Å²) in [5.74, 6) is 0. The van der Waals surface area contributed by atoms with Crippen LogP contribution in [0.15, 0.2) is 18.5 Å². The van der Waals surface area contributed by atoms with E-state index in [0.717, 1.165) is 13.1 Å². The quantitative estimate of drug-likeness (QED) is 0.662. The number of aromatic nitrogens is 2. The molecular weight excluding hydrogens is 126 g/mol. The summed E-state index contributed by atoms with van der Waals surface area (Å²) in [6, 6.07) is 1.95. The van der Waals surface area contributed by atoms with E-state index in [0.29, 0.717) is 0 Å². The first-order valence-corrected chi connectivity index (χ1v) is 3.39. The van der Waals surface area contributed by atoms with Gasteiger partial charge in [0.15, 0.2) is 0 Å². The molecule has 1 aromatic heterocycles. The molecule has 0 radical (unpaired) electrons. The SMILES string of the molecule is CCNCc1ccnnc1. The third kappa shape index (κ3) is 2.11. The van der Waals surface area contributed by atoms with Gasteiger partial charge >= 0.3 is 0 Å². The van der Waals surface area contributed by atoms with Crippen LogP contribution in [-0.4, -0.2) is 16.7 Å². The van der Waals surface area contributed by atoms with E-state index in [2.05, 4.69) is 22.4 Å². The van der Waals surface area contributed by atoms with Crippen molar-refractivity contribution in [2.75, 3.05) is 6.54 Å². The monoisotopic (exact) mass is 137 g/mol. The van der Waals surface area contributed by atoms with Gasteiger partial charge < -0.3 is 5.32 Å². The highest BCUT2D eigenvalue weighted by Crippen LogP contribution is 1.90. The smallest absolute Gasteiger partial charge is 0.0541 e. The van der Waals surface area contributed by atoms with Crippen molar-refractivity contribution in [3.05, 3.63) is 24.0 Å². The van der Waals surface area contributed by atoms with E-state index in [1.54, 1.807) is 12.4 Å².